The second kappa shape index (κ2) is 6.85. The average molecular weight is 382 g/mol. The van der Waals surface area contributed by atoms with Gasteiger partial charge < -0.3 is 10.3 Å². The fourth-order valence-corrected chi connectivity index (χ4v) is 4.52. The van der Waals surface area contributed by atoms with E-state index in [1.165, 1.54) is 16.7 Å². The van der Waals surface area contributed by atoms with Crippen LogP contribution in [0, 0.1) is 0 Å². The van der Waals surface area contributed by atoms with Crippen LogP contribution in [0.2, 0.25) is 0 Å². The molecule has 0 saturated heterocycles. The van der Waals surface area contributed by atoms with Crippen molar-refractivity contribution in [2.24, 2.45) is 0 Å². The van der Waals surface area contributed by atoms with Gasteiger partial charge in [-0.2, -0.15) is 0 Å². The minimum Gasteiger partial charge on any atom is -0.355 e. The standard InChI is InChI=1S/C24H22N4O/c1-16(29)26-14-24(12-18-5-2-3-6-19(18)13-24)20-8-4-7-17(11-20)22-21-9-10-25-23(21)28-15-27-22/h2-11,15H,12-14H2,1H3,(H,26,29)(H,25,27,28). The lowest BCUT2D eigenvalue weighted by Crippen LogP contribution is -2.41. The largest absolute Gasteiger partial charge is 0.355 e. The molecule has 0 unspecified atom stereocenters. The summed E-state index contributed by atoms with van der Waals surface area (Å²) in [6.07, 6.45) is 5.31. The lowest BCUT2D eigenvalue weighted by Gasteiger charge is -2.30. The monoisotopic (exact) mass is 382 g/mol. The Hall–Kier alpha value is -3.47. The number of amides is 1. The van der Waals surface area contributed by atoms with Gasteiger partial charge in [-0.25, -0.2) is 9.97 Å². The summed E-state index contributed by atoms with van der Waals surface area (Å²) < 4.78 is 0. The van der Waals surface area contributed by atoms with Crippen molar-refractivity contribution < 1.29 is 4.79 Å². The number of aromatic amines is 1. The Morgan fingerprint density at radius 3 is 2.62 bits per heavy atom. The van der Waals surface area contributed by atoms with Crippen molar-refractivity contribution in [2.45, 2.75) is 25.2 Å². The van der Waals surface area contributed by atoms with E-state index < -0.39 is 0 Å². The molecule has 0 aliphatic heterocycles. The van der Waals surface area contributed by atoms with Crippen LogP contribution in [0.1, 0.15) is 23.6 Å². The first-order chi connectivity index (χ1) is 14.1. The molecular formula is C24H22N4O. The van der Waals surface area contributed by atoms with Gasteiger partial charge in [0.1, 0.15) is 12.0 Å². The van der Waals surface area contributed by atoms with Gasteiger partial charge in [0.15, 0.2) is 0 Å². The highest BCUT2D eigenvalue weighted by Gasteiger charge is 2.39. The van der Waals surface area contributed by atoms with Crippen molar-refractivity contribution in [1.29, 1.82) is 0 Å². The van der Waals surface area contributed by atoms with E-state index >= 15 is 0 Å². The van der Waals surface area contributed by atoms with Crippen LogP contribution in [0.25, 0.3) is 22.3 Å². The predicted octanol–water partition coefficient (Wildman–Crippen LogP) is 3.80. The lowest BCUT2D eigenvalue weighted by molar-refractivity contribution is -0.119. The fourth-order valence-electron chi connectivity index (χ4n) is 4.52. The first-order valence-corrected chi connectivity index (χ1v) is 9.85. The third-order valence-electron chi connectivity index (χ3n) is 5.95. The molecule has 5 rings (SSSR count). The van der Waals surface area contributed by atoms with Crippen LogP contribution in [0.3, 0.4) is 0 Å². The topological polar surface area (TPSA) is 70.7 Å². The molecule has 4 aromatic rings. The maximum atomic E-state index is 11.7. The number of H-pyrrole nitrogens is 1. The van der Waals surface area contributed by atoms with Crippen molar-refractivity contribution >= 4 is 16.9 Å². The van der Waals surface area contributed by atoms with Gasteiger partial charge in [-0.1, -0.05) is 42.5 Å². The van der Waals surface area contributed by atoms with Gasteiger partial charge in [0.2, 0.25) is 5.91 Å². The minimum atomic E-state index is -0.157. The summed E-state index contributed by atoms with van der Waals surface area (Å²) in [5.41, 5.74) is 6.60. The number of aromatic nitrogens is 3. The van der Waals surface area contributed by atoms with E-state index in [9.17, 15) is 4.79 Å². The van der Waals surface area contributed by atoms with E-state index in [-0.39, 0.29) is 11.3 Å². The van der Waals surface area contributed by atoms with Crippen molar-refractivity contribution in [2.75, 3.05) is 6.54 Å². The molecule has 2 aromatic heterocycles. The van der Waals surface area contributed by atoms with Gasteiger partial charge >= 0.3 is 0 Å². The third-order valence-corrected chi connectivity index (χ3v) is 5.95. The molecule has 0 radical (unpaired) electrons. The van der Waals surface area contributed by atoms with E-state index in [1.54, 1.807) is 13.3 Å². The van der Waals surface area contributed by atoms with Crippen molar-refractivity contribution in [3.8, 4) is 11.3 Å². The minimum absolute atomic E-state index is 0.00122. The zero-order chi connectivity index (χ0) is 19.8. The van der Waals surface area contributed by atoms with Crippen LogP contribution in [-0.4, -0.2) is 27.4 Å². The van der Waals surface area contributed by atoms with Crippen LogP contribution in [0.5, 0.6) is 0 Å². The molecule has 0 fully saturated rings. The quantitative estimate of drug-likeness (QED) is 0.564. The van der Waals surface area contributed by atoms with Crippen LogP contribution >= 0.6 is 0 Å². The molecule has 1 aliphatic carbocycles. The highest BCUT2D eigenvalue weighted by atomic mass is 16.1. The van der Waals surface area contributed by atoms with E-state index in [2.05, 4.69) is 68.8 Å². The second-order valence-electron chi connectivity index (χ2n) is 7.86. The van der Waals surface area contributed by atoms with Crippen molar-refractivity contribution in [3.63, 3.8) is 0 Å². The Bertz CT molecular complexity index is 1190. The average Bonchev–Trinajstić information content (AvgIpc) is 3.37. The van der Waals surface area contributed by atoms with E-state index in [0.717, 1.165) is 35.1 Å². The van der Waals surface area contributed by atoms with Gasteiger partial charge in [0.05, 0.1) is 5.69 Å². The van der Waals surface area contributed by atoms with Crippen molar-refractivity contribution in [1.82, 2.24) is 20.3 Å². The molecule has 29 heavy (non-hydrogen) atoms. The Morgan fingerprint density at radius 2 is 1.86 bits per heavy atom. The van der Waals surface area contributed by atoms with Gasteiger partial charge in [0.25, 0.3) is 0 Å². The summed E-state index contributed by atoms with van der Waals surface area (Å²) >= 11 is 0. The summed E-state index contributed by atoms with van der Waals surface area (Å²) in [6.45, 7) is 2.19. The molecular weight excluding hydrogens is 360 g/mol. The van der Waals surface area contributed by atoms with E-state index in [1.807, 2.05) is 12.3 Å². The highest BCUT2D eigenvalue weighted by molar-refractivity contribution is 5.90. The molecule has 2 aromatic carbocycles. The first-order valence-electron chi connectivity index (χ1n) is 9.85. The molecule has 2 N–H and O–H groups in total. The van der Waals surface area contributed by atoms with E-state index in [4.69, 9.17) is 0 Å². The number of carbonyl (C=O) groups excluding carboxylic acids is 1. The van der Waals surface area contributed by atoms with Crippen LogP contribution in [0.4, 0.5) is 0 Å². The van der Waals surface area contributed by atoms with Crippen LogP contribution in [0.15, 0.2) is 67.1 Å². The summed E-state index contributed by atoms with van der Waals surface area (Å²) in [7, 11) is 0. The Kier molecular flexibility index (Phi) is 4.16. The molecule has 2 heterocycles. The summed E-state index contributed by atoms with van der Waals surface area (Å²) in [4.78, 5) is 23.7. The molecule has 144 valence electrons. The summed E-state index contributed by atoms with van der Waals surface area (Å²) in [6, 6.07) is 19.2. The van der Waals surface area contributed by atoms with Gasteiger partial charge in [-0.05, 0) is 41.7 Å². The van der Waals surface area contributed by atoms with Crippen LogP contribution < -0.4 is 5.32 Å². The smallest absolute Gasteiger partial charge is 0.216 e. The number of hydrogen-bond acceptors (Lipinski definition) is 3. The molecule has 5 heteroatoms. The predicted molar refractivity (Wildman–Crippen MR) is 114 cm³/mol. The maximum Gasteiger partial charge on any atom is 0.216 e. The Morgan fingerprint density at radius 1 is 1.07 bits per heavy atom. The summed E-state index contributed by atoms with van der Waals surface area (Å²) in [5, 5.41) is 4.09. The number of fused-ring (bicyclic) bond motifs is 2. The number of nitrogens with zero attached hydrogens (tertiary/aromatic N) is 2. The van der Waals surface area contributed by atoms with Crippen molar-refractivity contribution in [3.05, 3.63) is 83.8 Å². The normalized spacial score (nSPS) is 14.7. The number of hydrogen-bond donors (Lipinski definition) is 2. The number of nitrogens with one attached hydrogen (secondary N) is 2. The van der Waals surface area contributed by atoms with E-state index in [0.29, 0.717) is 6.54 Å². The fraction of sp³-hybridized carbons (Fsp3) is 0.208. The van der Waals surface area contributed by atoms with Gasteiger partial charge in [-0.15, -0.1) is 0 Å². The maximum absolute atomic E-state index is 11.7. The number of benzene rings is 2. The molecule has 0 bridgehead atoms. The molecule has 5 nitrogen and oxygen atoms in total. The lowest BCUT2D eigenvalue weighted by atomic mass is 9.77. The summed E-state index contributed by atoms with van der Waals surface area (Å²) in [5.74, 6) is 0.00122. The number of carbonyl (C=O) groups is 1. The highest BCUT2D eigenvalue weighted by Crippen LogP contribution is 2.40. The molecule has 1 amide bonds. The Labute approximate surface area is 169 Å². The molecule has 0 saturated carbocycles. The zero-order valence-electron chi connectivity index (χ0n) is 16.3. The SMILES string of the molecule is CC(=O)NCC1(c2cccc(-c3ncnc4[nH]ccc34)c2)Cc2ccccc2C1. The molecule has 1 aliphatic rings. The van der Waals surface area contributed by atoms with Gasteiger partial charge in [-0.3, -0.25) is 4.79 Å². The second-order valence-corrected chi connectivity index (χ2v) is 7.86. The first kappa shape index (κ1) is 17.6. The molecule has 0 spiro atoms. The molecule has 0 atom stereocenters. The zero-order valence-corrected chi connectivity index (χ0v) is 16.3. The van der Waals surface area contributed by atoms with Gasteiger partial charge in [0, 0.05) is 36.0 Å². The third kappa shape index (κ3) is 3.09. The Balaban J connectivity index is 1.60. The number of rotatable bonds is 4. The van der Waals surface area contributed by atoms with Crippen LogP contribution in [-0.2, 0) is 23.1 Å².